The molecule has 2 nitrogen and oxygen atoms in total. The van der Waals surface area contributed by atoms with E-state index in [-0.39, 0.29) is 0 Å². The van der Waals surface area contributed by atoms with Crippen molar-refractivity contribution in [3.63, 3.8) is 0 Å². The van der Waals surface area contributed by atoms with Gasteiger partial charge in [-0.1, -0.05) is 42.5 Å². The molecule has 1 amide bonds. The number of hydrogen-bond acceptors (Lipinski definition) is 1. The van der Waals surface area contributed by atoms with E-state index in [4.69, 9.17) is 11.6 Å². The number of hydrogen-bond donors (Lipinski definition) is 0. The molecule has 0 unspecified atom stereocenters. The fourth-order valence-corrected chi connectivity index (χ4v) is 2.58. The van der Waals surface area contributed by atoms with Crippen LogP contribution in [0.5, 0.6) is 0 Å². The third-order valence-corrected chi connectivity index (χ3v) is 3.53. The average molecular weight is 258 g/mol. The van der Waals surface area contributed by atoms with E-state index in [0.29, 0.717) is 6.54 Å². The quantitative estimate of drug-likeness (QED) is 0.517. The molecule has 0 aliphatic carbocycles. The van der Waals surface area contributed by atoms with Gasteiger partial charge in [0, 0.05) is 5.69 Å². The van der Waals surface area contributed by atoms with E-state index in [2.05, 4.69) is 6.07 Å². The zero-order valence-corrected chi connectivity index (χ0v) is 10.5. The fraction of sp³-hybridized carbons (Fsp3) is 0.133. The van der Waals surface area contributed by atoms with Gasteiger partial charge in [0.2, 0.25) is 0 Å². The number of nitrogens with zero attached hydrogens (tertiary/aromatic N) is 1. The summed E-state index contributed by atoms with van der Waals surface area (Å²) in [6.45, 7) is 0.537. The molecule has 1 heterocycles. The number of carbonyl (C=O) groups excluding carboxylic acids is 1. The summed E-state index contributed by atoms with van der Waals surface area (Å²) in [5, 5.41) is -0.431. The van der Waals surface area contributed by atoms with Crippen molar-refractivity contribution in [2.45, 2.75) is 13.0 Å². The van der Waals surface area contributed by atoms with E-state index >= 15 is 0 Å². The van der Waals surface area contributed by atoms with Crippen LogP contribution in [0.4, 0.5) is 10.5 Å². The molecule has 3 rings (SSSR count). The van der Waals surface area contributed by atoms with E-state index in [0.717, 1.165) is 23.2 Å². The van der Waals surface area contributed by atoms with Crippen molar-refractivity contribution in [1.82, 2.24) is 0 Å². The maximum absolute atomic E-state index is 11.6. The predicted octanol–water partition coefficient (Wildman–Crippen LogP) is 3.96. The van der Waals surface area contributed by atoms with Crippen LogP contribution in [0.2, 0.25) is 0 Å². The maximum atomic E-state index is 11.6. The van der Waals surface area contributed by atoms with Crippen molar-refractivity contribution in [3.8, 4) is 0 Å². The molecule has 2 aromatic rings. The Bertz CT molecular complexity index is 609. The van der Waals surface area contributed by atoms with Crippen molar-refractivity contribution in [2.75, 3.05) is 4.90 Å². The SMILES string of the molecule is O=C(Cl)N1Cc2ccccc2Cc2ccccc21. The Morgan fingerprint density at radius 3 is 2.28 bits per heavy atom. The summed E-state index contributed by atoms with van der Waals surface area (Å²) in [7, 11) is 0. The molecule has 0 bridgehead atoms. The number of rotatable bonds is 0. The van der Waals surface area contributed by atoms with Gasteiger partial charge in [-0.05, 0) is 40.8 Å². The molecule has 0 spiro atoms. The van der Waals surface area contributed by atoms with E-state index in [1.165, 1.54) is 5.56 Å². The van der Waals surface area contributed by atoms with Crippen LogP contribution in [0.25, 0.3) is 0 Å². The Morgan fingerprint density at radius 2 is 1.56 bits per heavy atom. The molecule has 1 aliphatic heterocycles. The highest BCUT2D eigenvalue weighted by molar-refractivity contribution is 6.66. The van der Waals surface area contributed by atoms with Crippen molar-refractivity contribution in [3.05, 3.63) is 65.2 Å². The van der Waals surface area contributed by atoms with Crippen LogP contribution in [-0.4, -0.2) is 5.37 Å². The van der Waals surface area contributed by atoms with Gasteiger partial charge in [-0.15, -0.1) is 0 Å². The molecule has 18 heavy (non-hydrogen) atoms. The Morgan fingerprint density at radius 1 is 0.944 bits per heavy atom. The molecule has 0 atom stereocenters. The molecule has 0 radical (unpaired) electrons. The second kappa shape index (κ2) is 4.46. The van der Waals surface area contributed by atoms with Crippen molar-refractivity contribution < 1.29 is 4.79 Å². The van der Waals surface area contributed by atoms with E-state index in [9.17, 15) is 4.79 Å². The molecule has 0 saturated heterocycles. The molecule has 90 valence electrons. The molecular weight excluding hydrogens is 246 g/mol. The highest BCUT2D eigenvalue weighted by atomic mass is 35.5. The summed E-state index contributed by atoms with van der Waals surface area (Å²) < 4.78 is 0. The van der Waals surface area contributed by atoms with Gasteiger partial charge in [-0.25, -0.2) is 0 Å². The smallest absolute Gasteiger partial charge is 0.294 e. The van der Waals surface area contributed by atoms with E-state index in [1.54, 1.807) is 4.90 Å². The van der Waals surface area contributed by atoms with E-state index < -0.39 is 5.37 Å². The predicted molar refractivity (Wildman–Crippen MR) is 73.1 cm³/mol. The van der Waals surface area contributed by atoms with Crippen LogP contribution < -0.4 is 4.90 Å². The normalized spacial score (nSPS) is 13.5. The first-order chi connectivity index (χ1) is 8.75. The molecule has 0 aromatic heterocycles. The number of amides is 1. The topological polar surface area (TPSA) is 20.3 Å². The Labute approximate surface area is 111 Å². The number of para-hydroxylation sites is 1. The minimum atomic E-state index is -0.431. The lowest BCUT2D eigenvalue weighted by Gasteiger charge is -2.19. The van der Waals surface area contributed by atoms with Gasteiger partial charge in [0.1, 0.15) is 0 Å². The van der Waals surface area contributed by atoms with Gasteiger partial charge in [-0.2, -0.15) is 0 Å². The Balaban J connectivity index is 2.17. The Kier molecular flexibility index (Phi) is 2.80. The molecule has 3 heteroatoms. The van der Waals surface area contributed by atoms with Crippen molar-refractivity contribution in [1.29, 1.82) is 0 Å². The van der Waals surface area contributed by atoms with Crippen molar-refractivity contribution in [2.24, 2.45) is 0 Å². The van der Waals surface area contributed by atoms with Crippen molar-refractivity contribution >= 4 is 22.7 Å². The average Bonchev–Trinajstić information content (AvgIpc) is 2.55. The van der Waals surface area contributed by atoms with Crippen LogP contribution >= 0.6 is 11.6 Å². The molecule has 0 saturated carbocycles. The summed E-state index contributed by atoms with van der Waals surface area (Å²) in [5.74, 6) is 0. The van der Waals surface area contributed by atoms with Gasteiger partial charge in [0.15, 0.2) is 0 Å². The molecule has 0 N–H and O–H groups in total. The second-order valence-electron chi connectivity index (χ2n) is 4.41. The minimum Gasteiger partial charge on any atom is -0.294 e. The first kappa shape index (κ1) is 11.3. The molecular formula is C15H12ClNO. The summed E-state index contributed by atoms with van der Waals surface area (Å²) in [4.78, 5) is 13.2. The number of fused-ring (bicyclic) bond motifs is 2. The third-order valence-electron chi connectivity index (χ3n) is 3.32. The molecule has 1 aliphatic rings. The monoisotopic (exact) mass is 257 g/mol. The number of benzene rings is 2. The van der Waals surface area contributed by atoms with Gasteiger partial charge >= 0.3 is 5.37 Å². The zero-order chi connectivity index (χ0) is 12.5. The minimum absolute atomic E-state index is 0.431. The first-order valence-electron chi connectivity index (χ1n) is 5.87. The largest absolute Gasteiger partial charge is 0.321 e. The summed E-state index contributed by atoms with van der Waals surface area (Å²) in [6, 6.07) is 16.1. The molecule has 2 aromatic carbocycles. The highest BCUT2D eigenvalue weighted by Crippen LogP contribution is 2.31. The van der Waals surface area contributed by atoms with Crippen LogP contribution in [0.1, 0.15) is 16.7 Å². The standard InChI is InChI=1S/C15H12ClNO/c16-15(18)17-10-13-7-2-1-5-11(13)9-12-6-3-4-8-14(12)17/h1-8H,9-10H2. The van der Waals surface area contributed by atoms with Gasteiger partial charge in [0.25, 0.3) is 0 Å². The number of anilines is 1. The maximum Gasteiger partial charge on any atom is 0.321 e. The summed E-state index contributed by atoms with van der Waals surface area (Å²) in [6.07, 6.45) is 0.840. The van der Waals surface area contributed by atoms with Crippen LogP contribution in [0.15, 0.2) is 48.5 Å². The lowest BCUT2D eigenvalue weighted by Crippen LogP contribution is -2.25. The Hall–Kier alpha value is -1.80. The van der Waals surface area contributed by atoms with Crippen LogP contribution in [0.3, 0.4) is 0 Å². The number of carbonyl (C=O) groups is 1. The first-order valence-corrected chi connectivity index (χ1v) is 6.25. The zero-order valence-electron chi connectivity index (χ0n) is 9.77. The van der Waals surface area contributed by atoms with E-state index in [1.807, 2.05) is 42.5 Å². The van der Waals surface area contributed by atoms with Gasteiger partial charge < -0.3 is 0 Å². The third kappa shape index (κ3) is 1.89. The van der Waals surface area contributed by atoms with Gasteiger partial charge in [0.05, 0.1) is 6.54 Å². The summed E-state index contributed by atoms with van der Waals surface area (Å²) >= 11 is 5.71. The lowest BCUT2D eigenvalue weighted by molar-refractivity contribution is 0.264. The summed E-state index contributed by atoms with van der Waals surface area (Å²) in [5.41, 5.74) is 4.46. The van der Waals surface area contributed by atoms with Crippen LogP contribution in [-0.2, 0) is 13.0 Å². The van der Waals surface area contributed by atoms with Crippen LogP contribution in [0, 0.1) is 0 Å². The second-order valence-corrected chi connectivity index (χ2v) is 4.74. The molecule has 0 fully saturated rings. The fourth-order valence-electron chi connectivity index (χ4n) is 2.43. The highest BCUT2D eigenvalue weighted by Gasteiger charge is 2.22. The lowest BCUT2D eigenvalue weighted by atomic mass is 10.0. The van der Waals surface area contributed by atoms with Gasteiger partial charge in [-0.3, -0.25) is 9.69 Å². The number of halogens is 1.